The van der Waals surface area contributed by atoms with Crippen molar-refractivity contribution in [2.75, 3.05) is 19.7 Å². The number of aryl methyl sites for hydroxylation is 1. The smallest absolute Gasteiger partial charge is 0.140 e. The summed E-state index contributed by atoms with van der Waals surface area (Å²) in [4.78, 5) is 0. The Morgan fingerprint density at radius 1 is 1.29 bits per heavy atom. The highest BCUT2D eigenvalue weighted by Gasteiger charge is 2.07. The van der Waals surface area contributed by atoms with E-state index in [1.54, 1.807) is 11.3 Å². The minimum atomic E-state index is -0.523. The van der Waals surface area contributed by atoms with Gasteiger partial charge in [0.05, 0.1) is 0 Å². The van der Waals surface area contributed by atoms with Crippen LogP contribution in [0.2, 0.25) is 0 Å². The number of aromatic nitrogens is 2. The van der Waals surface area contributed by atoms with Crippen molar-refractivity contribution in [3.8, 4) is 5.75 Å². The molecule has 1 aromatic carbocycles. The van der Waals surface area contributed by atoms with Gasteiger partial charge in [0.1, 0.15) is 28.5 Å². The molecule has 0 saturated carbocycles. The summed E-state index contributed by atoms with van der Waals surface area (Å²) in [6.07, 6.45) is 5.63. The van der Waals surface area contributed by atoms with Gasteiger partial charge in [-0.2, -0.15) is 0 Å². The van der Waals surface area contributed by atoms with Crippen LogP contribution < -0.4 is 10.1 Å². The first kappa shape index (κ1) is 18.6. The number of hydrogen-bond acceptors (Lipinski definition) is 6. The highest BCUT2D eigenvalue weighted by atomic mass is 32.1. The van der Waals surface area contributed by atoms with Gasteiger partial charge >= 0.3 is 0 Å². The summed E-state index contributed by atoms with van der Waals surface area (Å²) in [7, 11) is 0. The molecule has 0 fully saturated rings. The van der Waals surface area contributed by atoms with Gasteiger partial charge in [-0.1, -0.05) is 42.9 Å². The zero-order valence-electron chi connectivity index (χ0n) is 14.2. The number of benzene rings is 1. The average Bonchev–Trinajstić information content (AvgIpc) is 3.01. The molecule has 6 heteroatoms. The minimum Gasteiger partial charge on any atom is -0.490 e. The Hall–Kier alpha value is -1.76. The van der Waals surface area contributed by atoms with E-state index in [0.29, 0.717) is 6.54 Å². The predicted molar refractivity (Wildman–Crippen MR) is 99.3 cm³/mol. The molecular weight excluding hydrogens is 322 g/mol. The van der Waals surface area contributed by atoms with Crippen LogP contribution in [0.25, 0.3) is 12.2 Å². The number of aliphatic hydroxyl groups is 1. The molecular formula is C18H25N3O2S. The van der Waals surface area contributed by atoms with Crippen molar-refractivity contribution < 1.29 is 9.84 Å². The van der Waals surface area contributed by atoms with E-state index in [-0.39, 0.29) is 6.61 Å². The quantitative estimate of drug-likeness (QED) is 0.646. The number of aliphatic hydroxyl groups excluding tert-OH is 1. The van der Waals surface area contributed by atoms with Crippen molar-refractivity contribution in [3.05, 3.63) is 39.8 Å². The first-order valence-corrected chi connectivity index (χ1v) is 9.09. The summed E-state index contributed by atoms with van der Waals surface area (Å²) in [6.45, 7) is 5.81. The molecule has 130 valence electrons. The number of nitrogens with zero attached hydrogens (tertiary/aromatic N) is 2. The molecule has 1 atom stereocenters. The van der Waals surface area contributed by atoms with Gasteiger partial charge in [-0.3, -0.25) is 0 Å². The van der Waals surface area contributed by atoms with E-state index >= 15 is 0 Å². The highest BCUT2D eigenvalue weighted by Crippen LogP contribution is 2.21. The molecule has 0 aliphatic carbocycles. The lowest BCUT2D eigenvalue weighted by atomic mass is 10.2. The number of hydrogen-bond donors (Lipinski definition) is 2. The maximum atomic E-state index is 9.99. The Balaban J connectivity index is 1.88. The number of unbranched alkanes of at least 4 members (excludes halogenated alkanes) is 1. The molecule has 0 aliphatic rings. The Bertz CT molecular complexity index is 643. The van der Waals surface area contributed by atoms with Crippen LogP contribution in [0.5, 0.6) is 5.75 Å². The van der Waals surface area contributed by atoms with Crippen molar-refractivity contribution >= 4 is 23.5 Å². The summed E-state index contributed by atoms with van der Waals surface area (Å²) in [5.41, 5.74) is 0.955. The summed E-state index contributed by atoms with van der Waals surface area (Å²) in [5.74, 6) is 0.752. The van der Waals surface area contributed by atoms with Crippen LogP contribution in [0.3, 0.4) is 0 Å². The third kappa shape index (κ3) is 6.39. The third-order valence-corrected chi connectivity index (χ3v) is 4.19. The molecule has 2 N–H and O–H groups in total. The fourth-order valence-electron chi connectivity index (χ4n) is 2.11. The van der Waals surface area contributed by atoms with Gasteiger partial charge in [0.2, 0.25) is 0 Å². The number of para-hydroxylation sites is 1. The zero-order valence-corrected chi connectivity index (χ0v) is 15.1. The van der Waals surface area contributed by atoms with E-state index in [4.69, 9.17) is 4.74 Å². The predicted octanol–water partition coefficient (Wildman–Crippen LogP) is 3.15. The van der Waals surface area contributed by atoms with Gasteiger partial charge in [-0.25, -0.2) is 0 Å². The fourth-order valence-corrected chi connectivity index (χ4v) is 2.71. The SMILES string of the molecule is CCCCNCC(O)COc1ccccc1C=Cc1nnc(C)s1. The normalized spacial score (nSPS) is 12.6. The molecule has 0 saturated heterocycles. The van der Waals surface area contributed by atoms with E-state index < -0.39 is 6.10 Å². The number of ether oxygens (including phenoxy) is 1. The monoisotopic (exact) mass is 347 g/mol. The molecule has 0 amide bonds. The van der Waals surface area contributed by atoms with Crippen LogP contribution >= 0.6 is 11.3 Å². The van der Waals surface area contributed by atoms with Gasteiger partial charge in [0.25, 0.3) is 0 Å². The second-order valence-electron chi connectivity index (χ2n) is 5.55. The lowest BCUT2D eigenvalue weighted by molar-refractivity contribution is 0.106. The molecule has 1 unspecified atom stereocenters. The Morgan fingerprint density at radius 2 is 2.12 bits per heavy atom. The van der Waals surface area contributed by atoms with Crippen LogP contribution in [-0.2, 0) is 0 Å². The first-order valence-electron chi connectivity index (χ1n) is 8.28. The second kappa shape index (κ2) is 10.2. The van der Waals surface area contributed by atoms with E-state index in [0.717, 1.165) is 40.7 Å². The molecule has 0 bridgehead atoms. The molecule has 0 spiro atoms. The maximum absolute atomic E-state index is 9.99. The van der Waals surface area contributed by atoms with E-state index in [1.807, 2.05) is 43.3 Å². The lowest BCUT2D eigenvalue weighted by Gasteiger charge is -2.14. The minimum absolute atomic E-state index is 0.266. The van der Waals surface area contributed by atoms with Crippen molar-refractivity contribution in [2.45, 2.75) is 32.8 Å². The van der Waals surface area contributed by atoms with Crippen LogP contribution in [0, 0.1) is 6.92 Å². The lowest BCUT2D eigenvalue weighted by Crippen LogP contribution is -2.32. The van der Waals surface area contributed by atoms with Gasteiger partial charge in [-0.05, 0) is 38.1 Å². The fraction of sp³-hybridized carbons (Fsp3) is 0.444. The van der Waals surface area contributed by atoms with Crippen LogP contribution in [0.4, 0.5) is 0 Å². The topological polar surface area (TPSA) is 67.3 Å². The summed E-state index contributed by atoms with van der Waals surface area (Å²) < 4.78 is 5.78. The van der Waals surface area contributed by atoms with E-state index in [1.165, 1.54) is 0 Å². The van der Waals surface area contributed by atoms with E-state index in [9.17, 15) is 5.11 Å². The van der Waals surface area contributed by atoms with Crippen LogP contribution in [0.15, 0.2) is 24.3 Å². The van der Waals surface area contributed by atoms with Crippen molar-refractivity contribution in [3.63, 3.8) is 0 Å². The van der Waals surface area contributed by atoms with Gasteiger partial charge < -0.3 is 15.2 Å². The number of nitrogens with one attached hydrogen (secondary N) is 1. The molecule has 2 rings (SSSR count). The molecule has 1 aromatic heterocycles. The van der Waals surface area contributed by atoms with E-state index in [2.05, 4.69) is 22.4 Å². The molecule has 0 aliphatic heterocycles. The van der Waals surface area contributed by atoms with Crippen LogP contribution in [0.1, 0.15) is 35.3 Å². The summed E-state index contributed by atoms with van der Waals surface area (Å²) in [5, 5.41) is 23.1. The first-order chi connectivity index (χ1) is 11.7. The molecule has 5 nitrogen and oxygen atoms in total. The van der Waals surface area contributed by atoms with Gasteiger partial charge in [0.15, 0.2) is 0 Å². The Kier molecular flexibility index (Phi) is 7.88. The van der Waals surface area contributed by atoms with Crippen molar-refractivity contribution in [2.24, 2.45) is 0 Å². The number of rotatable bonds is 10. The molecule has 2 aromatic rings. The summed E-state index contributed by atoms with van der Waals surface area (Å²) in [6, 6.07) is 7.77. The largest absolute Gasteiger partial charge is 0.490 e. The summed E-state index contributed by atoms with van der Waals surface area (Å²) >= 11 is 1.55. The van der Waals surface area contributed by atoms with Crippen molar-refractivity contribution in [1.82, 2.24) is 15.5 Å². The highest BCUT2D eigenvalue weighted by molar-refractivity contribution is 7.12. The van der Waals surface area contributed by atoms with Gasteiger partial charge in [0, 0.05) is 12.1 Å². The molecule has 1 heterocycles. The Labute approximate surface area is 147 Å². The van der Waals surface area contributed by atoms with Crippen molar-refractivity contribution in [1.29, 1.82) is 0 Å². The third-order valence-electron chi connectivity index (χ3n) is 3.38. The van der Waals surface area contributed by atoms with Crippen LogP contribution in [-0.4, -0.2) is 41.1 Å². The standard InChI is InChI=1S/C18H25N3O2S/c1-3-4-11-19-12-16(22)13-23-17-8-6-5-7-15(17)9-10-18-21-20-14(2)24-18/h5-10,16,19,22H,3-4,11-13H2,1-2H3. The zero-order chi connectivity index (χ0) is 17.2. The molecule has 0 radical (unpaired) electrons. The Morgan fingerprint density at radius 3 is 2.88 bits per heavy atom. The second-order valence-corrected chi connectivity index (χ2v) is 6.77. The molecule has 24 heavy (non-hydrogen) atoms. The van der Waals surface area contributed by atoms with Gasteiger partial charge in [-0.15, -0.1) is 10.2 Å². The average molecular weight is 347 g/mol. The maximum Gasteiger partial charge on any atom is 0.140 e.